The Morgan fingerprint density at radius 3 is 2.71 bits per heavy atom. The molecule has 0 aliphatic rings. The molecule has 0 bridgehead atoms. The van der Waals surface area contributed by atoms with Crippen LogP contribution in [0.1, 0.15) is 13.3 Å². The summed E-state index contributed by atoms with van der Waals surface area (Å²) in [4.78, 5) is 22.3. The molecule has 0 aromatic carbocycles. The number of carbonyl (C=O) groups excluding carboxylic acids is 2. The lowest BCUT2D eigenvalue weighted by Gasteiger charge is -2.13. The third-order valence-corrected chi connectivity index (χ3v) is 2.11. The van der Waals surface area contributed by atoms with Crippen LogP contribution in [-0.4, -0.2) is 29.9 Å². The van der Waals surface area contributed by atoms with E-state index in [4.69, 9.17) is 0 Å². The van der Waals surface area contributed by atoms with Crippen LogP contribution in [0, 0.1) is 0 Å². The van der Waals surface area contributed by atoms with E-state index in [0.717, 1.165) is 0 Å². The van der Waals surface area contributed by atoms with E-state index >= 15 is 0 Å². The zero-order valence-electron chi connectivity index (χ0n) is 8.09. The van der Waals surface area contributed by atoms with Crippen molar-refractivity contribution in [1.29, 1.82) is 0 Å². The van der Waals surface area contributed by atoms with Crippen LogP contribution in [-0.2, 0) is 9.53 Å². The molecule has 1 N–H and O–H groups in total. The Morgan fingerprint density at radius 2 is 2.29 bits per heavy atom. The number of ketones is 1. The van der Waals surface area contributed by atoms with E-state index in [1.165, 1.54) is 6.08 Å². The van der Waals surface area contributed by atoms with Crippen molar-refractivity contribution in [3.05, 3.63) is 12.7 Å². The number of hydrogen-bond acceptors (Lipinski definition) is 3. The third-order valence-electron chi connectivity index (χ3n) is 1.55. The molecule has 0 rings (SSSR count). The molecule has 1 amide bonds. The van der Waals surface area contributed by atoms with Gasteiger partial charge in [-0.3, -0.25) is 4.79 Å². The summed E-state index contributed by atoms with van der Waals surface area (Å²) in [6, 6.07) is -0.480. The predicted octanol–water partition coefficient (Wildman–Crippen LogP) is 1.64. The molecular weight excluding hydrogens is 250 g/mol. The second-order valence-corrected chi connectivity index (χ2v) is 3.15. The number of nitrogens with one attached hydrogen (secondary N) is 1. The number of rotatable bonds is 6. The second-order valence-electron chi connectivity index (χ2n) is 2.59. The van der Waals surface area contributed by atoms with Crippen LogP contribution < -0.4 is 5.32 Å². The molecule has 0 unspecified atom stereocenters. The normalized spacial score (nSPS) is 11.6. The van der Waals surface area contributed by atoms with Crippen molar-refractivity contribution in [1.82, 2.24) is 5.32 Å². The van der Waals surface area contributed by atoms with Gasteiger partial charge in [-0.25, -0.2) is 4.79 Å². The Hall–Kier alpha value is -0.840. The molecule has 0 aliphatic carbocycles. The van der Waals surface area contributed by atoms with Gasteiger partial charge in [0.2, 0.25) is 0 Å². The smallest absolute Gasteiger partial charge is 0.408 e. The Kier molecular flexibility index (Phi) is 7.10. The first-order valence-corrected chi connectivity index (χ1v) is 5.40. The van der Waals surface area contributed by atoms with Gasteiger partial charge in [0.25, 0.3) is 0 Å². The van der Waals surface area contributed by atoms with Crippen molar-refractivity contribution >= 4 is 27.8 Å². The number of halogens is 1. The quantitative estimate of drug-likeness (QED) is 0.586. The van der Waals surface area contributed by atoms with Crippen molar-refractivity contribution < 1.29 is 14.3 Å². The van der Waals surface area contributed by atoms with Crippen molar-refractivity contribution in [3.8, 4) is 0 Å². The topological polar surface area (TPSA) is 55.4 Å². The number of ether oxygens (including phenoxy) is 1. The van der Waals surface area contributed by atoms with Crippen LogP contribution in [0.4, 0.5) is 4.79 Å². The number of carbonyl (C=O) groups is 2. The van der Waals surface area contributed by atoms with Gasteiger partial charge in [0, 0.05) is 0 Å². The van der Waals surface area contributed by atoms with Crippen molar-refractivity contribution in [3.63, 3.8) is 0 Å². The molecule has 0 fully saturated rings. The summed E-state index contributed by atoms with van der Waals surface area (Å²) in [6.45, 7) is 5.37. The standard InChI is InChI=1S/C9H14BrNO3/c1-3-5-14-9(13)11-7(4-2)8(12)6-10/h3,7H,1,4-6H2,2H3,(H,11,13)/t7-/m0/s1. The van der Waals surface area contributed by atoms with Gasteiger partial charge in [0.1, 0.15) is 6.61 Å². The molecule has 0 radical (unpaired) electrons. The van der Waals surface area contributed by atoms with E-state index in [-0.39, 0.29) is 17.7 Å². The fraction of sp³-hybridized carbons (Fsp3) is 0.556. The van der Waals surface area contributed by atoms with E-state index in [1.54, 1.807) is 0 Å². The van der Waals surface area contributed by atoms with Gasteiger partial charge in [0.15, 0.2) is 5.78 Å². The molecule has 1 atom stereocenters. The number of Topliss-reactive ketones (excluding diaryl/α,β-unsaturated/α-hetero) is 1. The summed E-state index contributed by atoms with van der Waals surface area (Å²) < 4.78 is 4.68. The highest BCUT2D eigenvalue weighted by Gasteiger charge is 2.17. The molecule has 0 spiro atoms. The van der Waals surface area contributed by atoms with Crippen molar-refractivity contribution in [2.24, 2.45) is 0 Å². The third kappa shape index (κ3) is 5.01. The molecule has 5 heteroatoms. The Labute approximate surface area is 91.8 Å². The first kappa shape index (κ1) is 13.2. The number of alkyl carbamates (subject to hydrolysis) is 1. The highest BCUT2D eigenvalue weighted by atomic mass is 79.9. The minimum Gasteiger partial charge on any atom is -0.445 e. The van der Waals surface area contributed by atoms with E-state index in [9.17, 15) is 9.59 Å². The molecule has 0 aromatic rings. The molecule has 14 heavy (non-hydrogen) atoms. The van der Waals surface area contributed by atoms with E-state index in [2.05, 4.69) is 32.6 Å². The first-order chi connectivity index (χ1) is 6.65. The second kappa shape index (κ2) is 7.55. The van der Waals surface area contributed by atoms with Gasteiger partial charge in [-0.1, -0.05) is 35.5 Å². The largest absolute Gasteiger partial charge is 0.445 e. The summed E-state index contributed by atoms with van der Waals surface area (Å²) in [5.41, 5.74) is 0. The lowest BCUT2D eigenvalue weighted by atomic mass is 10.1. The highest BCUT2D eigenvalue weighted by molar-refractivity contribution is 9.09. The minimum atomic E-state index is -0.592. The van der Waals surface area contributed by atoms with Crippen LogP contribution in [0.2, 0.25) is 0 Å². The Balaban J connectivity index is 3.98. The van der Waals surface area contributed by atoms with Gasteiger partial charge < -0.3 is 10.1 Å². The van der Waals surface area contributed by atoms with E-state index in [1.807, 2.05) is 6.92 Å². The minimum absolute atomic E-state index is 0.0666. The number of alkyl halides is 1. The van der Waals surface area contributed by atoms with Crippen LogP contribution in [0.15, 0.2) is 12.7 Å². The van der Waals surface area contributed by atoms with Crippen LogP contribution >= 0.6 is 15.9 Å². The summed E-state index contributed by atoms with van der Waals surface area (Å²) in [5.74, 6) is -0.0666. The summed E-state index contributed by atoms with van der Waals surface area (Å²) in [7, 11) is 0. The average Bonchev–Trinajstić information content (AvgIpc) is 2.21. The monoisotopic (exact) mass is 263 g/mol. The van der Waals surface area contributed by atoms with Gasteiger partial charge in [-0.2, -0.15) is 0 Å². The molecule has 0 saturated heterocycles. The number of amides is 1. The fourth-order valence-electron chi connectivity index (χ4n) is 0.822. The maximum atomic E-state index is 11.2. The van der Waals surface area contributed by atoms with Gasteiger partial charge >= 0.3 is 6.09 Å². The lowest BCUT2D eigenvalue weighted by Crippen LogP contribution is -2.41. The number of hydrogen-bond donors (Lipinski definition) is 1. The Bertz CT molecular complexity index is 218. The maximum Gasteiger partial charge on any atom is 0.408 e. The molecule has 0 heterocycles. The van der Waals surface area contributed by atoms with E-state index in [0.29, 0.717) is 6.42 Å². The average molecular weight is 264 g/mol. The molecular formula is C9H14BrNO3. The van der Waals surface area contributed by atoms with Crippen LogP contribution in [0.25, 0.3) is 0 Å². The molecule has 4 nitrogen and oxygen atoms in total. The maximum absolute atomic E-state index is 11.2. The van der Waals surface area contributed by atoms with Gasteiger partial charge in [-0.15, -0.1) is 0 Å². The predicted molar refractivity (Wildman–Crippen MR) is 57.6 cm³/mol. The van der Waals surface area contributed by atoms with Gasteiger partial charge in [-0.05, 0) is 6.42 Å². The molecule has 0 aromatic heterocycles. The molecule has 80 valence electrons. The molecule has 0 aliphatic heterocycles. The van der Waals surface area contributed by atoms with Crippen LogP contribution in [0.3, 0.4) is 0 Å². The summed E-state index contributed by atoms with van der Waals surface area (Å²) in [5, 5.41) is 2.69. The SMILES string of the molecule is C=CCOC(=O)N[C@@H](CC)C(=O)CBr. The van der Waals surface area contributed by atoms with E-state index < -0.39 is 12.1 Å². The lowest BCUT2D eigenvalue weighted by molar-refractivity contribution is -0.118. The van der Waals surface area contributed by atoms with Crippen molar-refractivity contribution in [2.45, 2.75) is 19.4 Å². The Morgan fingerprint density at radius 1 is 1.64 bits per heavy atom. The highest BCUT2D eigenvalue weighted by Crippen LogP contribution is 1.97. The summed E-state index contributed by atoms with van der Waals surface area (Å²) in [6.07, 6.45) is 1.42. The summed E-state index contributed by atoms with van der Waals surface area (Å²) >= 11 is 3.04. The fourth-order valence-corrected chi connectivity index (χ4v) is 1.21. The van der Waals surface area contributed by atoms with Crippen LogP contribution in [0.5, 0.6) is 0 Å². The zero-order valence-corrected chi connectivity index (χ0v) is 9.67. The molecule has 0 saturated carbocycles. The van der Waals surface area contributed by atoms with Gasteiger partial charge in [0.05, 0.1) is 11.4 Å². The first-order valence-electron chi connectivity index (χ1n) is 4.28. The van der Waals surface area contributed by atoms with Crippen molar-refractivity contribution in [2.75, 3.05) is 11.9 Å². The zero-order chi connectivity index (χ0) is 11.0.